The van der Waals surface area contributed by atoms with Gasteiger partial charge in [-0.2, -0.15) is 13.2 Å². The van der Waals surface area contributed by atoms with Crippen LogP contribution in [0.3, 0.4) is 0 Å². The van der Waals surface area contributed by atoms with Crippen LogP contribution in [0.5, 0.6) is 0 Å². The first kappa shape index (κ1) is 24.4. The number of piperidine rings is 1. The molecule has 1 saturated heterocycles. The second kappa shape index (κ2) is 9.50. The van der Waals surface area contributed by atoms with E-state index in [4.69, 9.17) is 0 Å². The van der Waals surface area contributed by atoms with Crippen molar-refractivity contribution in [3.63, 3.8) is 0 Å². The number of hydrogen-bond acceptors (Lipinski definition) is 3. The van der Waals surface area contributed by atoms with Gasteiger partial charge in [0.25, 0.3) is 6.43 Å². The Morgan fingerprint density at radius 3 is 2.44 bits per heavy atom. The summed E-state index contributed by atoms with van der Waals surface area (Å²) < 4.78 is 94.4. The number of nitrogens with zero attached hydrogens (tertiary/aromatic N) is 1. The number of rotatable bonds is 6. The van der Waals surface area contributed by atoms with Crippen LogP contribution in [-0.2, 0) is 16.2 Å². The Bertz CT molecular complexity index is 1310. The molecule has 1 fully saturated rings. The fourth-order valence-electron chi connectivity index (χ4n) is 4.46. The number of aromatic nitrogens is 1. The summed E-state index contributed by atoms with van der Waals surface area (Å²) in [6.45, 7) is 1.49. The Morgan fingerprint density at radius 1 is 1.06 bits per heavy atom. The summed E-state index contributed by atoms with van der Waals surface area (Å²) in [6, 6.07) is 9.69. The van der Waals surface area contributed by atoms with E-state index in [0.717, 1.165) is 54.3 Å². The monoisotopic (exact) mass is 498 g/mol. The smallest absolute Gasteiger partial charge is 0.317 e. The summed E-state index contributed by atoms with van der Waals surface area (Å²) in [5, 5.41) is 3.46. The number of alkyl halides is 5. The normalized spacial score (nSPS) is 16.2. The fraction of sp³-hybridized carbons (Fsp3) is 0.333. The lowest BCUT2D eigenvalue weighted by Crippen LogP contribution is -2.26. The van der Waals surface area contributed by atoms with E-state index < -0.39 is 33.9 Å². The molecule has 2 aromatic carbocycles. The number of fused-ring (bicyclic) bond motifs is 1. The molecule has 0 saturated carbocycles. The maximum Gasteiger partial charge on any atom is 0.416 e. The third-order valence-corrected chi connectivity index (χ3v) is 7.56. The number of hydrogen-bond donors (Lipinski definition) is 1. The van der Waals surface area contributed by atoms with Crippen LogP contribution in [0.2, 0.25) is 0 Å². The van der Waals surface area contributed by atoms with Crippen LogP contribution < -0.4 is 5.32 Å². The van der Waals surface area contributed by atoms with Crippen LogP contribution in [0.1, 0.15) is 47.4 Å². The largest absolute Gasteiger partial charge is 0.416 e. The molecule has 1 N–H and O–H groups in total. The van der Waals surface area contributed by atoms with Gasteiger partial charge in [0, 0.05) is 17.1 Å². The van der Waals surface area contributed by atoms with Crippen molar-refractivity contribution in [1.29, 1.82) is 0 Å². The molecule has 4 rings (SSSR count). The molecule has 0 atom stereocenters. The van der Waals surface area contributed by atoms with E-state index in [9.17, 15) is 30.4 Å². The Morgan fingerprint density at radius 2 is 1.76 bits per heavy atom. The van der Waals surface area contributed by atoms with Crippen molar-refractivity contribution in [2.24, 2.45) is 0 Å². The minimum atomic E-state index is -4.59. The SMILES string of the molecule is O=S(=O)(CC=Cc1ccccc1C(F)(F)F)n1cc(C(F)F)c2c(C3CCNCC3)cccc21. The summed E-state index contributed by atoms with van der Waals surface area (Å²) >= 11 is 0. The second-order valence-electron chi connectivity index (χ2n) is 8.21. The molecule has 34 heavy (non-hydrogen) atoms. The number of nitrogens with one attached hydrogen (secondary N) is 1. The van der Waals surface area contributed by atoms with E-state index in [0.29, 0.717) is 5.56 Å². The van der Waals surface area contributed by atoms with Crippen molar-refractivity contribution >= 4 is 27.0 Å². The lowest BCUT2D eigenvalue weighted by molar-refractivity contribution is -0.137. The molecular formula is C24H23F5N2O2S. The summed E-state index contributed by atoms with van der Waals surface area (Å²) in [4.78, 5) is 0. The van der Waals surface area contributed by atoms with Crippen molar-refractivity contribution in [3.05, 3.63) is 77.0 Å². The Balaban J connectivity index is 1.72. The van der Waals surface area contributed by atoms with Crippen LogP contribution in [0.25, 0.3) is 17.0 Å². The van der Waals surface area contributed by atoms with Crippen LogP contribution in [0.4, 0.5) is 22.0 Å². The molecular weight excluding hydrogens is 475 g/mol. The van der Waals surface area contributed by atoms with Gasteiger partial charge in [-0.1, -0.05) is 42.5 Å². The fourth-order valence-corrected chi connectivity index (χ4v) is 5.69. The first-order valence-electron chi connectivity index (χ1n) is 10.8. The standard InChI is InChI=1S/C24H23F5N2O2S/c25-23(26)19-15-31(21-9-3-7-18(22(19)21)16-10-12-30-13-11-16)34(32,33)14-4-6-17-5-1-2-8-20(17)24(27,28)29/h1-9,15-16,23,30H,10-14H2. The van der Waals surface area contributed by atoms with Crippen molar-refractivity contribution in [2.75, 3.05) is 18.8 Å². The van der Waals surface area contributed by atoms with Gasteiger partial charge < -0.3 is 5.32 Å². The third kappa shape index (κ3) is 4.88. The topological polar surface area (TPSA) is 51.1 Å². The quantitative estimate of drug-likeness (QED) is 0.427. The molecule has 1 aromatic heterocycles. The van der Waals surface area contributed by atoms with Gasteiger partial charge in [-0.25, -0.2) is 21.2 Å². The van der Waals surface area contributed by atoms with Crippen LogP contribution in [-0.4, -0.2) is 31.2 Å². The molecule has 0 bridgehead atoms. The van der Waals surface area contributed by atoms with Gasteiger partial charge in [-0.3, -0.25) is 0 Å². The van der Waals surface area contributed by atoms with Gasteiger partial charge in [0.15, 0.2) is 0 Å². The minimum Gasteiger partial charge on any atom is -0.317 e. The van der Waals surface area contributed by atoms with E-state index in [-0.39, 0.29) is 27.9 Å². The molecule has 0 aliphatic carbocycles. The second-order valence-corrected chi connectivity index (χ2v) is 10.1. The lowest BCUT2D eigenvalue weighted by atomic mass is 9.87. The van der Waals surface area contributed by atoms with E-state index in [2.05, 4.69) is 5.32 Å². The predicted molar refractivity (Wildman–Crippen MR) is 121 cm³/mol. The summed E-state index contributed by atoms with van der Waals surface area (Å²) in [6.07, 6.45) is -2.84. The van der Waals surface area contributed by atoms with Gasteiger partial charge in [0.05, 0.1) is 16.8 Å². The van der Waals surface area contributed by atoms with Gasteiger partial charge in [-0.15, -0.1) is 0 Å². The zero-order valence-corrected chi connectivity index (χ0v) is 18.8. The maximum absolute atomic E-state index is 13.9. The van der Waals surface area contributed by atoms with E-state index in [1.807, 2.05) is 0 Å². The number of benzene rings is 2. The molecule has 1 aliphatic heterocycles. The van der Waals surface area contributed by atoms with E-state index >= 15 is 0 Å². The van der Waals surface area contributed by atoms with Crippen LogP contribution in [0.15, 0.2) is 54.7 Å². The average molecular weight is 499 g/mol. The molecule has 1 aliphatic rings. The summed E-state index contributed by atoms with van der Waals surface area (Å²) in [5.41, 5.74) is -0.585. The highest BCUT2D eigenvalue weighted by atomic mass is 32.2. The Labute approximate surface area is 194 Å². The average Bonchev–Trinajstić information content (AvgIpc) is 3.20. The minimum absolute atomic E-state index is 0.0276. The Hall–Kier alpha value is -2.72. The molecule has 10 heteroatoms. The Kier molecular flexibility index (Phi) is 6.82. The lowest BCUT2D eigenvalue weighted by Gasteiger charge is -2.24. The molecule has 3 aromatic rings. The van der Waals surface area contributed by atoms with Gasteiger partial charge >= 0.3 is 6.18 Å². The van der Waals surface area contributed by atoms with Crippen molar-refractivity contribution in [1.82, 2.24) is 9.29 Å². The highest BCUT2D eigenvalue weighted by molar-refractivity contribution is 7.90. The van der Waals surface area contributed by atoms with E-state index in [1.54, 1.807) is 12.1 Å². The third-order valence-electron chi connectivity index (χ3n) is 6.04. The van der Waals surface area contributed by atoms with Crippen molar-refractivity contribution in [3.8, 4) is 0 Å². The van der Waals surface area contributed by atoms with Crippen LogP contribution in [0, 0.1) is 0 Å². The van der Waals surface area contributed by atoms with Gasteiger partial charge in [0.1, 0.15) is 0 Å². The first-order valence-corrected chi connectivity index (χ1v) is 12.4. The zero-order valence-electron chi connectivity index (χ0n) is 18.0. The molecule has 0 amide bonds. The van der Waals surface area contributed by atoms with E-state index in [1.165, 1.54) is 24.3 Å². The molecule has 2 heterocycles. The predicted octanol–water partition coefficient (Wildman–Crippen LogP) is 5.96. The highest BCUT2D eigenvalue weighted by Crippen LogP contribution is 2.38. The van der Waals surface area contributed by atoms with Gasteiger partial charge in [0.2, 0.25) is 10.0 Å². The molecule has 182 valence electrons. The van der Waals surface area contributed by atoms with Crippen molar-refractivity contribution < 1.29 is 30.4 Å². The molecule has 0 spiro atoms. The molecule has 0 radical (unpaired) electrons. The van der Waals surface area contributed by atoms with Crippen LogP contribution >= 0.6 is 0 Å². The molecule has 0 unspecified atom stereocenters. The van der Waals surface area contributed by atoms with Gasteiger partial charge in [-0.05, 0) is 55.1 Å². The zero-order chi connectivity index (χ0) is 24.5. The number of halogens is 5. The summed E-state index contributed by atoms with van der Waals surface area (Å²) in [7, 11) is -4.16. The first-order chi connectivity index (χ1) is 16.1. The summed E-state index contributed by atoms with van der Waals surface area (Å²) in [5.74, 6) is -0.622. The van der Waals surface area contributed by atoms with Crippen molar-refractivity contribution in [2.45, 2.75) is 31.4 Å². The highest BCUT2D eigenvalue weighted by Gasteiger charge is 2.32. The maximum atomic E-state index is 13.9. The molecule has 4 nitrogen and oxygen atoms in total.